The van der Waals surface area contributed by atoms with Crippen LogP contribution in [0.2, 0.25) is 0 Å². The second kappa shape index (κ2) is 6.22. The molecule has 0 aliphatic carbocycles. The number of rotatable bonds is 4. The molecule has 1 aliphatic rings. The van der Waals surface area contributed by atoms with Gasteiger partial charge in [0.25, 0.3) is 0 Å². The molecule has 0 bridgehead atoms. The molecule has 1 atom stereocenters. The van der Waals surface area contributed by atoms with Crippen LogP contribution in [-0.2, 0) is 4.79 Å². The average molecular weight is 280 g/mol. The van der Waals surface area contributed by atoms with E-state index in [4.69, 9.17) is 0 Å². The summed E-state index contributed by atoms with van der Waals surface area (Å²) in [7, 11) is 0. The molecule has 2 rings (SSSR count). The first-order valence-corrected chi connectivity index (χ1v) is 6.96. The maximum absolute atomic E-state index is 12.9. The van der Waals surface area contributed by atoms with Crippen LogP contribution in [0.4, 0.5) is 10.1 Å². The number of benzene rings is 1. The standard InChI is InChI=1S/C15H21FN2O2/c1-11(2)14(15(19)20)18-9-7-17(8-10-18)13-5-3-12(16)4-6-13/h3-6,11,14H,7-10H2,1-2H3,(H,19,20)/t14-/m0/s1. The van der Waals surface area contributed by atoms with E-state index in [9.17, 15) is 14.3 Å². The summed E-state index contributed by atoms with van der Waals surface area (Å²) in [5.41, 5.74) is 0.988. The van der Waals surface area contributed by atoms with Crippen LogP contribution in [0, 0.1) is 11.7 Å². The number of aliphatic carboxylic acids is 1. The molecule has 0 unspecified atom stereocenters. The van der Waals surface area contributed by atoms with Crippen molar-refractivity contribution in [1.82, 2.24) is 4.90 Å². The van der Waals surface area contributed by atoms with E-state index in [0.29, 0.717) is 13.1 Å². The molecule has 0 spiro atoms. The summed E-state index contributed by atoms with van der Waals surface area (Å²) in [6.45, 7) is 6.83. The molecule has 0 aromatic heterocycles. The quantitative estimate of drug-likeness (QED) is 0.917. The first-order valence-electron chi connectivity index (χ1n) is 6.96. The Morgan fingerprint density at radius 1 is 1.15 bits per heavy atom. The Hall–Kier alpha value is -1.62. The van der Waals surface area contributed by atoms with Gasteiger partial charge in [0.1, 0.15) is 11.9 Å². The van der Waals surface area contributed by atoms with Crippen LogP contribution < -0.4 is 4.90 Å². The van der Waals surface area contributed by atoms with E-state index >= 15 is 0 Å². The molecule has 0 radical (unpaired) electrons. The van der Waals surface area contributed by atoms with Crippen LogP contribution in [-0.4, -0.2) is 48.2 Å². The van der Waals surface area contributed by atoms with Gasteiger partial charge in [-0.2, -0.15) is 0 Å². The minimum atomic E-state index is -0.754. The summed E-state index contributed by atoms with van der Waals surface area (Å²) in [5, 5.41) is 9.31. The third kappa shape index (κ3) is 3.28. The van der Waals surface area contributed by atoms with Gasteiger partial charge in [0, 0.05) is 31.9 Å². The molecule has 1 saturated heterocycles. The number of anilines is 1. The lowest BCUT2D eigenvalue weighted by molar-refractivity contribution is -0.145. The molecule has 20 heavy (non-hydrogen) atoms. The average Bonchev–Trinajstić information content (AvgIpc) is 2.40. The van der Waals surface area contributed by atoms with Crippen LogP contribution in [0.15, 0.2) is 24.3 Å². The Bertz CT molecular complexity index is 453. The van der Waals surface area contributed by atoms with Gasteiger partial charge >= 0.3 is 5.97 Å². The van der Waals surface area contributed by atoms with Crippen LogP contribution >= 0.6 is 0 Å². The molecule has 1 heterocycles. The second-order valence-corrected chi connectivity index (χ2v) is 5.53. The lowest BCUT2D eigenvalue weighted by atomic mass is 10.0. The third-order valence-corrected chi connectivity index (χ3v) is 3.78. The van der Waals surface area contributed by atoms with Crippen LogP contribution in [0.5, 0.6) is 0 Å². The molecule has 1 aromatic rings. The predicted molar refractivity (Wildman–Crippen MR) is 76.4 cm³/mol. The minimum absolute atomic E-state index is 0.0878. The summed E-state index contributed by atoms with van der Waals surface area (Å²) < 4.78 is 12.9. The molecule has 1 aliphatic heterocycles. The van der Waals surface area contributed by atoms with Crippen molar-refractivity contribution in [1.29, 1.82) is 0 Å². The summed E-state index contributed by atoms with van der Waals surface area (Å²) >= 11 is 0. The van der Waals surface area contributed by atoms with Crippen molar-refractivity contribution in [3.8, 4) is 0 Å². The fraction of sp³-hybridized carbons (Fsp3) is 0.533. The Labute approximate surface area is 118 Å². The number of nitrogens with zero attached hydrogens (tertiary/aromatic N) is 2. The van der Waals surface area contributed by atoms with Crippen molar-refractivity contribution >= 4 is 11.7 Å². The first kappa shape index (κ1) is 14.8. The maximum Gasteiger partial charge on any atom is 0.321 e. The normalized spacial score (nSPS) is 18.3. The van der Waals surface area contributed by atoms with Gasteiger partial charge in [-0.15, -0.1) is 0 Å². The number of halogens is 1. The summed E-state index contributed by atoms with van der Waals surface area (Å²) in [5.74, 6) is -0.904. The number of hydrogen-bond donors (Lipinski definition) is 1. The Kier molecular flexibility index (Phi) is 4.60. The molecular formula is C15H21FN2O2. The van der Waals surface area contributed by atoms with Crippen molar-refractivity contribution in [3.05, 3.63) is 30.1 Å². The van der Waals surface area contributed by atoms with Crippen LogP contribution in [0.1, 0.15) is 13.8 Å². The summed E-state index contributed by atoms with van der Waals surface area (Å²) in [4.78, 5) is 15.5. The van der Waals surface area contributed by atoms with Crippen LogP contribution in [0.25, 0.3) is 0 Å². The highest BCUT2D eigenvalue weighted by molar-refractivity contribution is 5.73. The molecule has 1 N–H and O–H groups in total. The summed E-state index contributed by atoms with van der Waals surface area (Å²) in [6.07, 6.45) is 0. The van der Waals surface area contributed by atoms with E-state index in [-0.39, 0.29) is 11.7 Å². The summed E-state index contributed by atoms with van der Waals surface area (Å²) in [6, 6.07) is 6.01. The highest BCUT2D eigenvalue weighted by Gasteiger charge is 2.31. The fourth-order valence-corrected chi connectivity index (χ4v) is 2.77. The smallest absolute Gasteiger partial charge is 0.321 e. The van der Waals surface area contributed by atoms with Gasteiger partial charge in [-0.3, -0.25) is 9.69 Å². The van der Waals surface area contributed by atoms with Gasteiger partial charge in [0.15, 0.2) is 0 Å². The number of piperazine rings is 1. The van der Waals surface area contributed by atoms with E-state index in [1.807, 2.05) is 18.7 Å². The number of carboxylic acid groups (broad SMARTS) is 1. The van der Waals surface area contributed by atoms with E-state index in [1.165, 1.54) is 12.1 Å². The van der Waals surface area contributed by atoms with Crippen molar-refractivity contribution in [3.63, 3.8) is 0 Å². The molecule has 110 valence electrons. The maximum atomic E-state index is 12.9. The van der Waals surface area contributed by atoms with Gasteiger partial charge in [0.05, 0.1) is 0 Å². The van der Waals surface area contributed by atoms with Crippen molar-refractivity contribution in [2.45, 2.75) is 19.9 Å². The van der Waals surface area contributed by atoms with Crippen molar-refractivity contribution in [2.75, 3.05) is 31.1 Å². The zero-order valence-corrected chi connectivity index (χ0v) is 11.9. The van der Waals surface area contributed by atoms with E-state index < -0.39 is 12.0 Å². The van der Waals surface area contributed by atoms with Gasteiger partial charge in [-0.25, -0.2) is 4.39 Å². The zero-order valence-electron chi connectivity index (χ0n) is 11.9. The van der Waals surface area contributed by atoms with E-state index in [1.54, 1.807) is 12.1 Å². The van der Waals surface area contributed by atoms with Gasteiger partial charge in [-0.1, -0.05) is 13.8 Å². The molecule has 5 heteroatoms. The third-order valence-electron chi connectivity index (χ3n) is 3.78. The predicted octanol–water partition coefficient (Wildman–Crippen LogP) is 2.06. The first-order chi connectivity index (χ1) is 9.49. The van der Waals surface area contributed by atoms with E-state index in [2.05, 4.69) is 4.90 Å². The lowest BCUT2D eigenvalue weighted by Crippen LogP contribution is -2.54. The van der Waals surface area contributed by atoms with Gasteiger partial charge in [-0.05, 0) is 30.2 Å². The highest BCUT2D eigenvalue weighted by Crippen LogP contribution is 2.19. The number of carbonyl (C=O) groups is 1. The minimum Gasteiger partial charge on any atom is -0.480 e. The van der Waals surface area contributed by atoms with Gasteiger partial charge in [0.2, 0.25) is 0 Å². The lowest BCUT2D eigenvalue weighted by Gasteiger charge is -2.40. The highest BCUT2D eigenvalue weighted by atomic mass is 19.1. The molecule has 0 saturated carbocycles. The fourth-order valence-electron chi connectivity index (χ4n) is 2.77. The molecule has 1 fully saturated rings. The molecular weight excluding hydrogens is 259 g/mol. The molecule has 4 nitrogen and oxygen atoms in total. The number of hydrogen-bond acceptors (Lipinski definition) is 3. The Morgan fingerprint density at radius 3 is 2.15 bits per heavy atom. The second-order valence-electron chi connectivity index (χ2n) is 5.53. The van der Waals surface area contributed by atoms with Crippen molar-refractivity contribution in [2.24, 2.45) is 5.92 Å². The number of carboxylic acids is 1. The Balaban J connectivity index is 1.98. The molecule has 0 amide bonds. The molecule has 1 aromatic carbocycles. The van der Waals surface area contributed by atoms with E-state index in [0.717, 1.165) is 18.8 Å². The SMILES string of the molecule is CC(C)[C@@H](C(=O)O)N1CCN(c2ccc(F)cc2)CC1. The van der Waals surface area contributed by atoms with Crippen LogP contribution in [0.3, 0.4) is 0 Å². The monoisotopic (exact) mass is 280 g/mol. The largest absolute Gasteiger partial charge is 0.480 e. The topological polar surface area (TPSA) is 43.8 Å². The van der Waals surface area contributed by atoms with Gasteiger partial charge < -0.3 is 10.0 Å². The van der Waals surface area contributed by atoms with Crippen molar-refractivity contribution < 1.29 is 14.3 Å². The Morgan fingerprint density at radius 2 is 1.70 bits per heavy atom. The zero-order chi connectivity index (χ0) is 14.7.